The normalized spacial score (nSPS) is 14.5. The Hall–Kier alpha value is -0.640. The third kappa shape index (κ3) is 4.23. The van der Waals surface area contributed by atoms with Gasteiger partial charge in [-0.1, -0.05) is 31.5 Å². The van der Waals surface area contributed by atoms with Gasteiger partial charge in [-0.2, -0.15) is 0 Å². The van der Waals surface area contributed by atoms with Crippen LogP contribution in [-0.2, 0) is 11.2 Å². The quantitative estimate of drug-likeness (QED) is 0.822. The molecule has 1 aromatic carbocycles. The molecule has 1 N–H and O–H groups in total. The van der Waals surface area contributed by atoms with Crippen molar-refractivity contribution in [3.8, 4) is 0 Å². The van der Waals surface area contributed by atoms with Crippen molar-refractivity contribution < 1.29 is 9.13 Å². The van der Waals surface area contributed by atoms with Crippen molar-refractivity contribution in [2.75, 3.05) is 13.7 Å². The average molecular weight is 274 g/mol. The zero-order valence-corrected chi connectivity index (χ0v) is 11.9. The SMILES string of the molecule is CCNC(Cc1ccc(F)c(Cl)c1)C(CC)OC. The zero-order valence-electron chi connectivity index (χ0n) is 11.2. The van der Waals surface area contributed by atoms with Crippen LogP contribution in [0.25, 0.3) is 0 Å². The van der Waals surface area contributed by atoms with E-state index < -0.39 is 0 Å². The molecule has 0 aliphatic carbocycles. The molecule has 0 aromatic heterocycles. The molecule has 0 saturated heterocycles. The van der Waals surface area contributed by atoms with Gasteiger partial charge in [0.2, 0.25) is 0 Å². The molecule has 2 atom stereocenters. The van der Waals surface area contributed by atoms with Crippen molar-refractivity contribution in [3.63, 3.8) is 0 Å². The Balaban J connectivity index is 2.78. The van der Waals surface area contributed by atoms with Gasteiger partial charge in [0, 0.05) is 13.2 Å². The standard InChI is InChI=1S/C14H21ClFNO/c1-4-14(18-3)13(17-5-2)9-10-6-7-12(16)11(15)8-10/h6-8,13-14,17H,4-5,9H2,1-3H3. The molecule has 0 saturated carbocycles. The topological polar surface area (TPSA) is 21.3 Å². The van der Waals surface area contributed by atoms with Crippen LogP contribution >= 0.6 is 11.6 Å². The molecular formula is C14H21ClFNO. The fraction of sp³-hybridized carbons (Fsp3) is 0.571. The van der Waals surface area contributed by atoms with Crippen LogP contribution in [0, 0.1) is 5.82 Å². The second-order valence-corrected chi connectivity index (χ2v) is 4.71. The first-order valence-corrected chi connectivity index (χ1v) is 6.70. The maximum absolute atomic E-state index is 13.1. The second-order valence-electron chi connectivity index (χ2n) is 4.30. The van der Waals surface area contributed by atoms with E-state index in [1.54, 1.807) is 19.2 Å². The first-order chi connectivity index (χ1) is 8.62. The Kier molecular flexibility index (Phi) is 6.61. The van der Waals surface area contributed by atoms with Gasteiger partial charge in [-0.05, 0) is 37.1 Å². The monoisotopic (exact) mass is 273 g/mol. The lowest BCUT2D eigenvalue weighted by Crippen LogP contribution is -2.42. The van der Waals surface area contributed by atoms with E-state index in [1.165, 1.54) is 6.07 Å². The van der Waals surface area contributed by atoms with Crippen LogP contribution in [0.3, 0.4) is 0 Å². The molecule has 0 aliphatic rings. The van der Waals surface area contributed by atoms with E-state index in [1.807, 2.05) is 0 Å². The molecule has 4 heteroatoms. The lowest BCUT2D eigenvalue weighted by atomic mass is 9.99. The first-order valence-electron chi connectivity index (χ1n) is 6.32. The summed E-state index contributed by atoms with van der Waals surface area (Å²) in [6, 6.07) is 5.08. The van der Waals surface area contributed by atoms with Crippen molar-refractivity contribution in [2.45, 2.75) is 38.8 Å². The number of likely N-dealkylation sites (N-methyl/N-ethyl adjacent to an activating group) is 1. The predicted molar refractivity (Wildman–Crippen MR) is 73.7 cm³/mol. The van der Waals surface area contributed by atoms with Crippen molar-refractivity contribution in [1.82, 2.24) is 5.32 Å². The highest BCUT2D eigenvalue weighted by atomic mass is 35.5. The van der Waals surface area contributed by atoms with E-state index >= 15 is 0 Å². The van der Waals surface area contributed by atoms with Crippen LogP contribution < -0.4 is 5.32 Å². The summed E-state index contributed by atoms with van der Waals surface area (Å²) in [5.74, 6) is -0.376. The fourth-order valence-electron chi connectivity index (χ4n) is 2.13. The van der Waals surface area contributed by atoms with E-state index in [0.717, 1.165) is 24.9 Å². The molecule has 1 aromatic rings. The third-order valence-electron chi connectivity index (χ3n) is 3.06. The minimum absolute atomic E-state index is 0.147. The fourth-order valence-corrected chi connectivity index (χ4v) is 2.34. The molecule has 0 heterocycles. The molecule has 0 fully saturated rings. The number of hydrogen-bond donors (Lipinski definition) is 1. The summed E-state index contributed by atoms with van der Waals surface area (Å²) in [7, 11) is 1.72. The molecule has 1 rings (SSSR count). The smallest absolute Gasteiger partial charge is 0.141 e. The molecule has 2 nitrogen and oxygen atoms in total. The zero-order chi connectivity index (χ0) is 13.5. The summed E-state index contributed by atoms with van der Waals surface area (Å²) in [5.41, 5.74) is 1.02. The molecular weight excluding hydrogens is 253 g/mol. The highest BCUT2D eigenvalue weighted by Gasteiger charge is 2.19. The molecule has 0 spiro atoms. The number of rotatable bonds is 7. The van der Waals surface area contributed by atoms with Gasteiger partial charge < -0.3 is 10.1 Å². The van der Waals surface area contributed by atoms with Crippen LogP contribution in [0.5, 0.6) is 0 Å². The molecule has 2 unspecified atom stereocenters. The van der Waals surface area contributed by atoms with Crippen molar-refractivity contribution in [3.05, 3.63) is 34.6 Å². The van der Waals surface area contributed by atoms with Crippen molar-refractivity contribution in [2.24, 2.45) is 0 Å². The van der Waals surface area contributed by atoms with Gasteiger partial charge >= 0.3 is 0 Å². The van der Waals surface area contributed by atoms with Crippen LogP contribution in [0.4, 0.5) is 4.39 Å². The Labute approximate surface area is 113 Å². The molecule has 0 bridgehead atoms. The van der Waals surface area contributed by atoms with Crippen molar-refractivity contribution in [1.29, 1.82) is 0 Å². The average Bonchev–Trinajstić information content (AvgIpc) is 2.35. The number of methoxy groups -OCH3 is 1. The van der Waals surface area contributed by atoms with E-state index in [9.17, 15) is 4.39 Å². The van der Waals surface area contributed by atoms with E-state index in [2.05, 4.69) is 19.2 Å². The largest absolute Gasteiger partial charge is 0.380 e. The molecule has 0 aliphatic heterocycles. The highest BCUT2D eigenvalue weighted by molar-refractivity contribution is 6.30. The van der Waals surface area contributed by atoms with Gasteiger partial charge in [0.05, 0.1) is 11.1 Å². The van der Waals surface area contributed by atoms with E-state index in [-0.39, 0.29) is 23.0 Å². The minimum atomic E-state index is -0.376. The molecule has 0 radical (unpaired) electrons. The van der Waals surface area contributed by atoms with Gasteiger partial charge in [-0.25, -0.2) is 4.39 Å². The Morgan fingerprint density at radius 3 is 2.61 bits per heavy atom. The first kappa shape index (κ1) is 15.4. The number of nitrogens with one attached hydrogen (secondary N) is 1. The Morgan fingerprint density at radius 2 is 2.11 bits per heavy atom. The van der Waals surface area contributed by atoms with Gasteiger partial charge in [0.15, 0.2) is 0 Å². The predicted octanol–water partition coefficient (Wildman–Crippen LogP) is 3.42. The van der Waals surface area contributed by atoms with Crippen LogP contribution in [0.15, 0.2) is 18.2 Å². The molecule has 0 amide bonds. The summed E-state index contributed by atoms with van der Waals surface area (Å²) in [6.45, 7) is 5.03. The third-order valence-corrected chi connectivity index (χ3v) is 3.35. The van der Waals surface area contributed by atoms with Crippen LogP contribution in [-0.4, -0.2) is 25.8 Å². The van der Waals surface area contributed by atoms with Gasteiger partial charge in [0.1, 0.15) is 5.82 Å². The summed E-state index contributed by atoms with van der Waals surface area (Å²) in [6.07, 6.45) is 1.86. The van der Waals surface area contributed by atoms with Crippen LogP contribution in [0.2, 0.25) is 5.02 Å². The maximum Gasteiger partial charge on any atom is 0.141 e. The van der Waals surface area contributed by atoms with Crippen molar-refractivity contribution >= 4 is 11.6 Å². The number of hydrogen-bond acceptors (Lipinski definition) is 2. The summed E-state index contributed by atoms with van der Waals surface area (Å²) in [4.78, 5) is 0. The van der Waals surface area contributed by atoms with Gasteiger partial charge in [-0.15, -0.1) is 0 Å². The minimum Gasteiger partial charge on any atom is -0.380 e. The van der Waals surface area contributed by atoms with Gasteiger partial charge in [-0.3, -0.25) is 0 Å². The number of ether oxygens (including phenoxy) is 1. The number of halogens is 2. The lowest BCUT2D eigenvalue weighted by molar-refractivity contribution is 0.0658. The Bertz CT molecular complexity index is 369. The lowest BCUT2D eigenvalue weighted by Gasteiger charge is -2.26. The number of benzene rings is 1. The second kappa shape index (κ2) is 7.72. The summed E-state index contributed by atoms with van der Waals surface area (Å²) < 4.78 is 18.6. The van der Waals surface area contributed by atoms with E-state index in [4.69, 9.17) is 16.3 Å². The molecule has 18 heavy (non-hydrogen) atoms. The summed E-state index contributed by atoms with van der Waals surface area (Å²) >= 11 is 5.80. The summed E-state index contributed by atoms with van der Waals surface area (Å²) in [5, 5.41) is 3.58. The van der Waals surface area contributed by atoms with Gasteiger partial charge in [0.25, 0.3) is 0 Å². The Morgan fingerprint density at radius 1 is 1.39 bits per heavy atom. The maximum atomic E-state index is 13.1. The molecule has 102 valence electrons. The van der Waals surface area contributed by atoms with Crippen LogP contribution in [0.1, 0.15) is 25.8 Å². The van der Waals surface area contributed by atoms with E-state index in [0.29, 0.717) is 0 Å². The highest BCUT2D eigenvalue weighted by Crippen LogP contribution is 2.18.